The van der Waals surface area contributed by atoms with Crippen molar-refractivity contribution in [3.63, 3.8) is 0 Å². The Bertz CT molecular complexity index is 1040. The van der Waals surface area contributed by atoms with Crippen LogP contribution in [0.3, 0.4) is 0 Å². The zero-order chi connectivity index (χ0) is 22.1. The van der Waals surface area contributed by atoms with Gasteiger partial charge in [-0.25, -0.2) is 14.6 Å². The number of fused-ring (bicyclic) bond motifs is 2. The van der Waals surface area contributed by atoms with Gasteiger partial charge in [-0.1, -0.05) is 42.5 Å². The summed E-state index contributed by atoms with van der Waals surface area (Å²) >= 11 is 0. The van der Waals surface area contributed by atoms with Crippen LogP contribution < -0.4 is 0 Å². The molecular weight excluding hydrogens is 410 g/mol. The molecule has 3 aliphatic heterocycles. The molecule has 7 nitrogen and oxygen atoms in total. The molecule has 1 unspecified atom stereocenters. The highest BCUT2D eigenvalue weighted by Crippen LogP contribution is 2.46. The lowest BCUT2D eigenvalue weighted by Crippen LogP contribution is -2.35. The van der Waals surface area contributed by atoms with Gasteiger partial charge in [0.1, 0.15) is 13.2 Å². The van der Waals surface area contributed by atoms with E-state index in [1.807, 2.05) is 36.4 Å². The molecule has 32 heavy (non-hydrogen) atoms. The molecule has 5 rings (SSSR count). The number of carboxylic acids is 1. The van der Waals surface area contributed by atoms with Crippen molar-refractivity contribution in [1.29, 1.82) is 0 Å². The SMILES string of the molecule is O=C(O)c1cccc(C[C@@H]2[C@H](C3=NC(C(=O)OCc4ccccc4)CO3)[C@H]3CC[C@@H]2O3)c1. The van der Waals surface area contributed by atoms with Crippen LogP contribution >= 0.6 is 0 Å². The molecule has 2 bridgehead atoms. The van der Waals surface area contributed by atoms with Crippen LogP contribution in [-0.2, 0) is 32.0 Å². The van der Waals surface area contributed by atoms with Crippen molar-refractivity contribution in [2.75, 3.05) is 6.61 Å². The fourth-order valence-electron chi connectivity index (χ4n) is 5.00. The molecule has 2 saturated heterocycles. The minimum Gasteiger partial charge on any atom is -0.478 e. The molecule has 0 saturated carbocycles. The van der Waals surface area contributed by atoms with E-state index in [2.05, 4.69) is 4.99 Å². The number of carbonyl (C=O) groups excluding carboxylic acids is 1. The first-order valence-corrected chi connectivity index (χ1v) is 11.0. The summed E-state index contributed by atoms with van der Waals surface area (Å²) in [7, 11) is 0. The van der Waals surface area contributed by atoms with Gasteiger partial charge >= 0.3 is 11.9 Å². The van der Waals surface area contributed by atoms with E-state index in [-0.39, 0.29) is 42.8 Å². The second-order valence-corrected chi connectivity index (χ2v) is 8.58. The van der Waals surface area contributed by atoms with Crippen LogP contribution in [0.4, 0.5) is 0 Å². The van der Waals surface area contributed by atoms with Gasteiger partial charge in [0.15, 0.2) is 11.9 Å². The number of ether oxygens (including phenoxy) is 3. The van der Waals surface area contributed by atoms with Crippen LogP contribution in [-0.4, -0.2) is 47.8 Å². The van der Waals surface area contributed by atoms with Crippen LogP contribution in [0, 0.1) is 11.8 Å². The molecule has 0 aromatic heterocycles. The summed E-state index contributed by atoms with van der Waals surface area (Å²) in [6, 6.07) is 15.9. The number of carboxylic acid groups (broad SMARTS) is 1. The van der Waals surface area contributed by atoms with Crippen molar-refractivity contribution < 1.29 is 28.9 Å². The van der Waals surface area contributed by atoms with E-state index in [0.717, 1.165) is 24.0 Å². The molecule has 2 fully saturated rings. The maximum Gasteiger partial charge on any atom is 0.335 e. The Morgan fingerprint density at radius 2 is 1.81 bits per heavy atom. The Kier molecular flexibility index (Phi) is 5.66. The minimum absolute atomic E-state index is 0.0190. The van der Waals surface area contributed by atoms with Crippen LogP contribution in [0.15, 0.2) is 59.6 Å². The first kappa shape index (κ1) is 20.7. The van der Waals surface area contributed by atoms with E-state index in [9.17, 15) is 14.7 Å². The predicted molar refractivity (Wildman–Crippen MR) is 115 cm³/mol. The number of aromatic carboxylic acids is 1. The van der Waals surface area contributed by atoms with Gasteiger partial charge in [-0.05, 0) is 42.5 Å². The van der Waals surface area contributed by atoms with E-state index in [0.29, 0.717) is 12.3 Å². The smallest absolute Gasteiger partial charge is 0.335 e. The predicted octanol–water partition coefficient (Wildman–Crippen LogP) is 3.26. The van der Waals surface area contributed by atoms with E-state index >= 15 is 0 Å². The van der Waals surface area contributed by atoms with Crippen LogP contribution in [0.1, 0.15) is 34.3 Å². The lowest BCUT2D eigenvalue weighted by atomic mass is 9.76. The van der Waals surface area contributed by atoms with Gasteiger partial charge in [0.25, 0.3) is 0 Å². The van der Waals surface area contributed by atoms with Gasteiger partial charge in [-0.2, -0.15) is 0 Å². The maximum atomic E-state index is 12.5. The molecule has 2 aromatic carbocycles. The van der Waals surface area contributed by atoms with Gasteiger partial charge in [0.2, 0.25) is 0 Å². The quantitative estimate of drug-likeness (QED) is 0.671. The molecule has 2 aromatic rings. The van der Waals surface area contributed by atoms with Crippen LogP contribution in [0.25, 0.3) is 0 Å². The molecule has 0 amide bonds. The fraction of sp³-hybridized carbons (Fsp3) is 0.400. The number of hydrogen-bond donors (Lipinski definition) is 1. The third-order valence-corrected chi connectivity index (χ3v) is 6.52. The Morgan fingerprint density at radius 3 is 2.62 bits per heavy atom. The Labute approximate surface area is 186 Å². The molecule has 0 radical (unpaired) electrons. The summed E-state index contributed by atoms with van der Waals surface area (Å²) in [6.07, 6.45) is 2.70. The third-order valence-electron chi connectivity index (χ3n) is 6.52. The number of carbonyl (C=O) groups is 2. The normalized spacial score (nSPS) is 28.2. The molecular formula is C25H25NO6. The second-order valence-electron chi connectivity index (χ2n) is 8.58. The zero-order valence-electron chi connectivity index (χ0n) is 17.6. The van der Waals surface area contributed by atoms with E-state index in [4.69, 9.17) is 14.2 Å². The topological polar surface area (TPSA) is 94.4 Å². The highest BCUT2D eigenvalue weighted by molar-refractivity contribution is 5.88. The largest absolute Gasteiger partial charge is 0.478 e. The van der Waals surface area contributed by atoms with Crippen LogP contribution in [0.2, 0.25) is 0 Å². The summed E-state index contributed by atoms with van der Waals surface area (Å²) in [4.78, 5) is 28.4. The standard InChI is InChI=1S/C25H25NO6/c27-24(28)17-8-4-7-16(11-17)12-18-20-9-10-21(32-20)22(18)23-26-19(14-30-23)25(29)31-13-15-5-2-1-3-6-15/h1-8,11,18-22H,9-10,12-14H2,(H,27,28)/t18-,19?,20-,21+,22-/m0/s1. The Balaban J connectivity index is 1.28. The number of rotatable bonds is 7. The summed E-state index contributed by atoms with van der Waals surface area (Å²) in [6.45, 7) is 0.388. The van der Waals surface area contributed by atoms with Gasteiger partial charge < -0.3 is 19.3 Å². The molecule has 7 heteroatoms. The molecule has 5 atom stereocenters. The van der Waals surface area contributed by atoms with E-state index in [1.165, 1.54) is 0 Å². The summed E-state index contributed by atoms with van der Waals surface area (Å²) in [5.74, 6) is -0.658. The van der Waals surface area contributed by atoms with E-state index < -0.39 is 18.0 Å². The summed E-state index contributed by atoms with van der Waals surface area (Å²) in [5.41, 5.74) is 2.15. The van der Waals surface area contributed by atoms with E-state index in [1.54, 1.807) is 18.2 Å². The Morgan fingerprint density at radius 1 is 1.03 bits per heavy atom. The zero-order valence-corrected chi connectivity index (χ0v) is 17.6. The van der Waals surface area contributed by atoms with Crippen molar-refractivity contribution in [2.24, 2.45) is 16.8 Å². The Hall–Kier alpha value is -3.19. The molecule has 0 spiro atoms. The average molecular weight is 435 g/mol. The third kappa shape index (κ3) is 4.12. The minimum atomic E-state index is -0.937. The van der Waals surface area contributed by atoms with Crippen molar-refractivity contribution in [3.05, 3.63) is 71.3 Å². The van der Waals surface area contributed by atoms with Crippen molar-refractivity contribution in [2.45, 2.75) is 44.1 Å². The van der Waals surface area contributed by atoms with Gasteiger partial charge in [0, 0.05) is 5.92 Å². The average Bonchev–Trinajstić information content (AvgIpc) is 3.55. The van der Waals surface area contributed by atoms with Gasteiger partial charge in [-0.3, -0.25) is 0 Å². The van der Waals surface area contributed by atoms with Crippen LogP contribution in [0.5, 0.6) is 0 Å². The fourth-order valence-corrected chi connectivity index (χ4v) is 5.00. The molecule has 166 valence electrons. The number of nitrogens with zero attached hydrogens (tertiary/aromatic N) is 1. The first-order valence-electron chi connectivity index (χ1n) is 11.0. The molecule has 3 aliphatic rings. The molecule has 3 heterocycles. The monoisotopic (exact) mass is 435 g/mol. The maximum absolute atomic E-state index is 12.5. The lowest BCUT2D eigenvalue weighted by Gasteiger charge is -2.27. The van der Waals surface area contributed by atoms with Crippen molar-refractivity contribution in [3.8, 4) is 0 Å². The number of hydrogen-bond acceptors (Lipinski definition) is 6. The number of aliphatic imine (C=N–C) groups is 1. The van der Waals surface area contributed by atoms with Gasteiger partial charge in [0.05, 0.1) is 23.7 Å². The lowest BCUT2D eigenvalue weighted by molar-refractivity contribution is -0.146. The van der Waals surface area contributed by atoms with Crippen molar-refractivity contribution >= 4 is 17.8 Å². The summed E-state index contributed by atoms with van der Waals surface area (Å²) < 4.78 is 17.5. The summed E-state index contributed by atoms with van der Waals surface area (Å²) in [5, 5.41) is 9.29. The highest BCUT2D eigenvalue weighted by atomic mass is 16.5. The second kappa shape index (κ2) is 8.74. The first-order chi connectivity index (χ1) is 15.6. The highest BCUT2D eigenvalue weighted by Gasteiger charge is 2.53. The van der Waals surface area contributed by atoms with Gasteiger partial charge in [-0.15, -0.1) is 0 Å². The van der Waals surface area contributed by atoms with Crippen molar-refractivity contribution in [1.82, 2.24) is 0 Å². The molecule has 1 N–H and O–H groups in total. The number of esters is 1. The molecule has 0 aliphatic carbocycles. The number of benzene rings is 2.